The van der Waals surface area contributed by atoms with Crippen molar-refractivity contribution in [3.05, 3.63) is 44.8 Å². The van der Waals surface area contributed by atoms with Crippen molar-refractivity contribution in [3.8, 4) is 0 Å². The van der Waals surface area contributed by atoms with Crippen LogP contribution in [0.1, 0.15) is 19.4 Å². The third-order valence-corrected chi connectivity index (χ3v) is 2.15. The third-order valence-electron chi connectivity index (χ3n) is 2.15. The molecule has 1 aromatic heterocycles. The van der Waals surface area contributed by atoms with Gasteiger partial charge in [0.05, 0.1) is 0 Å². The minimum Gasteiger partial charge on any atom is -0.323 e. The van der Waals surface area contributed by atoms with Crippen LogP contribution in [0, 0.1) is 6.92 Å². The maximum Gasteiger partial charge on any atom is 0.365 e. The second-order valence-electron chi connectivity index (χ2n) is 3.64. The summed E-state index contributed by atoms with van der Waals surface area (Å²) in [7, 11) is 0. The van der Waals surface area contributed by atoms with E-state index in [0.29, 0.717) is 16.8 Å². The number of hydrogen-bond acceptors (Lipinski definition) is 4. The predicted molar refractivity (Wildman–Crippen MR) is 61.8 cm³/mol. The average molecular weight is 238 g/mol. The van der Waals surface area contributed by atoms with E-state index in [0.717, 1.165) is 0 Å². The monoisotopic (exact) mass is 238 g/mol. The molecule has 6 heteroatoms. The number of carbonyl (C=O) groups is 1. The second-order valence-corrected chi connectivity index (χ2v) is 3.64. The molecule has 0 aromatic carbocycles. The third kappa shape index (κ3) is 2.52. The van der Waals surface area contributed by atoms with Crippen molar-refractivity contribution in [2.24, 2.45) is 0 Å². The fraction of sp³-hybridized carbons (Fsp3) is 0.364. The normalized spacial score (nSPS) is 10.1. The van der Waals surface area contributed by atoms with Gasteiger partial charge in [-0.05, 0) is 20.8 Å². The molecule has 92 valence electrons. The molecule has 17 heavy (non-hydrogen) atoms. The molecule has 0 saturated heterocycles. The van der Waals surface area contributed by atoms with Crippen molar-refractivity contribution in [3.63, 3.8) is 0 Å². The van der Waals surface area contributed by atoms with Crippen LogP contribution < -0.4 is 16.1 Å². The van der Waals surface area contributed by atoms with Crippen LogP contribution in [0.3, 0.4) is 0 Å². The zero-order valence-electron chi connectivity index (χ0n) is 10.0. The summed E-state index contributed by atoms with van der Waals surface area (Å²) in [5, 5.41) is 0. The molecule has 1 rings (SSSR count). The summed E-state index contributed by atoms with van der Waals surface area (Å²) in [5.74, 6) is -0.808. The summed E-state index contributed by atoms with van der Waals surface area (Å²) in [6, 6.07) is 0. The van der Waals surface area contributed by atoms with E-state index in [-0.39, 0.29) is 5.57 Å². The molecule has 0 fully saturated rings. The van der Waals surface area contributed by atoms with Gasteiger partial charge < -0.3 is 4.84 Å². The Morgan fingerprint density at radius 3 is 2.53 bits per heavy atom. The van der Waals surface area contributed by atoms with E-state index in [9.17, 15) is 14.4 Å². The molecule has 0 saturated carbocycles. The smallest absolute Gasteiger partial charge is 0.323 e. The molecule has 0 unspecified atom stereocenters. The average Bonchev–Trinajstić information content (AvgIpc) is 2.28. The summed E-state index contributed by atoms with van der Waals surface area (Å²) in [4.78, 5) is 39.4. The van der Waals surface area contributed by atoms with Gasteiger partial charge in [0.1, 0.15) is 0 Å². The fourth-order valence-electron chi connectivity index (χ4n) is 1.18. The Morgan fingerprint density at radius 1 is 1.47 bits per heavy atom. The summed E-state index contributed by atoms with van der Waals surface area (Å²) < 4.78 is 1.73. The Bertz CT molecular complexity index is 580. The van der Waals surface area contributed by atoms with E-state index in [1.807, 2.05) is 0 Å². The molecule has 0 N–H and O–H groups in total. The first-order valence-electron chi connectivity index (χ1n) is 5.09. The van der Waals surface area contributed by atoms with Crippen LogP contribution in [0.2, 0.25) is 0 Å². The molecular formula is C11H14N2O4. The van der Waals surface area contributed by atoms with Gasteiger partial charge in [0, 0.05) is 23.9 Å². The van der Waals surface area contributed by atoms with Crippen molar-refractivity contribution in [2.75, 3.05) is 0 Å². The lowest BCUT2D eigenvalue weighted by atomic mass is 10.4. The molecular weight excluding hydrogens is 224 g/mol. The Kier molecular flexibility index (Phi) is 3.67. The Balaban J connectivity index is 3.37. The molecule has 6 nitrogen and oxygen atoms in total. The van der Waals surface area contributed by atoms with Crippen LogP contribution in [0.15, 0.2) is 27.9 Å². The van der Waals surface area contributed by atoms with Crippen LogP contribution in [0.5, 0.6) is 0 Å². The quantitative estimate of drug-likeness (QED) is 0.688. The van der Waals surface area contributed by atoms with Gasteiger partial charge in [-0.15, -0.1) is 0 Å². The summed E-state index contributed by atoms with van der Waals surface area (Å²) >= 11 is 0. The zero-order valence-corrected chi connectivity index (χ0v) is 10.0. The molecule has 1 heterocycles. The topological polar surface area (TPSA) is 70.3 Å². The maximum absolute atomic E-state index is 11.8. The number of aromatic nitrogens is 2. The van der Waals surface area contributed by atoms with Gasteiger partial charge >= 0.3 is 11.7 Å². The Morgan fingerprint density at radius 2 is 2.06 bits per heavy atom. The highest BCUT2D eigenvalue weighted by Gasteiger charge is 2.13. The van der Waals surface area contributed by atoms with Gasteiger partial charge in [0.25, 0.3) is 5.56 Å². The molecule has 1 aromatic rings. The fourth-order valence-corrected chi connectivity index (χ4v) is 1.18. The van der Waals surface area contributed by atoms with Crippen molar-refractivity contribution in [2.45, 2.75) is 27.3 Å². The van der Waals surface area contributed by atoms with Gasteiger partial charge in [-0.25, -0.2) is 9.59 Å². The summed E-state index contributed by atoms with van der Waals surface area (Å²) in [6.07, 6.45) is 1.43. The summed E-state index contributed by atoms with van der Waals surface area (Å²) in [5.41, 5.74) is -0.895. The van der Waals surface area contributed by atoms with Crippen LogP contribution in [-0.2, 0) is 11.3 Å². The van der Waals surface area contributed by atoms with Crippen molar-refractivity contribution < 1.29 is 9.63 Å². The van der Waals surface area contributed by atoms with E-state index in [4.69, 9.17) is 4.84 Å². The zero-order chi connectivity index (χ0) is 13.2. The minimum atomic E-state index is -0.808. The summed E-state index contributed by atoms with van der Waals surface area (Å²) in [6.45, 7) is 8.48. The van der Waals surface area contributed by atoms with Crippen molar-refractivity contribution >= 4 is 5.97 Å². The van der Waals surface area contributed by atoms with E-state index < -0.39 is 17.2 Å². The van der Waals surface area contributed by atoms with Gasteiger partial charge in [0.2, 0.25) is 0 Å². The predicted octanol–water partition coefficient (Wildman–Crippen LogP) is -0.130. The number of nitrogens with zero attached hydrogens (tertiary/aromatic N) is 2. The molecule has 0 radical (unpaired) electrons. The number of hydrogen-bond donors (Lipinski definition) is 0. The molecule has 0 aliphatic heterocycles. The molecule has 0 atom stereocenters. The first-order valence-corrected chi connectivity index (χ1v) is 5.09. The highest BCUT2D eigenvalue weighted by atomic mass is 16.7. The highest BCUT2D eigenvalue weighted by molar-refractivity contribution is 5.87. The highest BCUT2D eigenvalue weighted by Crippen LogP contribution is 1.89. The van der Waals surface area contributed by atoms with E-state index >= 15 is 0 Å². The van der Waals surface area contributed by atoms with E-state index in [1.165, 1.54) is 17.7 Å². The molecule has 0 amide bonds. The SMILES string of the molecule is C=C(C)C(=O)On1c(=O)c(C)cn(CC)c1=O. The van der Waals surface area contributed by atoms with E-state index in [1.54, 1.807) is 13.8 Å². The first-order chi connectivity index (χ1) is 7.88. The molecule has 0 aliphatic carbocycles. The number of aryl methyl sites for hydroxylation is 2. The van der Waals surface area contributed by atoms with Crippen LogP contribution in [0.25, 0.3) is 0 Å². The Hall–Kier alpha value is -2.11. The lowest BCUT2D eigenvalue weighted by Gasteiger charge is -2.09. The van der Waals surface area contributed by atoms with E-state index in [2.05, 4.69) is 6.58 Å². The van der Waals surface area contributed by atoms with Gasteiger partial charge in [-0.3, -0.25) is 9.36 Å². The molecule has 0 spiro atoms. The molecule has 0 aliphatic rings. The maximum atomic E-state index is 11.8. The lowest BCUT2D eigenvalue weighted by molar-refractivity contribution is -0.140. The van der Waals surface area contributed by atoms with Gasteiger partial charge in [-0.2, -0.15) is 0 Å². The van der Waals surface area contributed by atoms with Crippen molar-refractivity contribution in [1.29, 1.82) is 0 Å². The largest absolute Gasteiger partial charge is 0.365 e. The number of rotatable bonds is 3. The number of carbonyl (C=O) groups excluding carboxylic acids is 1. The van der Waals surface area contributed by atoms with Crippen LogP contribution in [0.4, 0.5) is 0 Å². The second kappa shape index (κ2) is 4.82. The molecule has 0 bridgehead atoms. The van der Waals surface area contributed by atoms with Gasteiger partial charge in [0.15, 0.2) is 0 Å². The Labute approximate surface area is 97.7 Å². The van der Waals surface area contributed by atoms with Gasteiger partial charge in [-0.1, -0.05) is 11.3 Å². The van der Waals surface area contributed by atoms with Crippen molar-refractivity contribution in [1.82, 2.24) is 9.30 Å². The van der Waals surface area contributed by atoms with Crippen LogP contribution >= 0.6 is 0 Å². The standard InChI is InChI=1S/C11H14N2O4/c1-5-12-6-8(4)9(14)13(11(12)16)17-10(15)7(2)3/h6H,2,5H2,1,3-4H3. The van der Waals surface area contributed by atoms with Crippen LogP contribution in [-0.4, -0.2) is 15.3 Å². The minimum absolute atomic E-state index is 0.112. The first kappa shape index (κ1) is 13.0. The lowest BCUT2D eigenvalue weighted by Crippen LogP contribution is -2.45.